The lowest BCUT2D eigenvalue weighted by molar-refractivity contribution is -0.122. The normalized spacial score (nSPS) is 23.6. The highest BCUT2D eigenvalue weighted by Crippen LogP contribution is 2.36. The molecule has 2 saturated heterocycles. The number of hydrogen-bond donors (Lipinski definition) is 2. The van der Waals surface area contributed by atoms with Gasteiger partial charge in [-0.1, -0.05) is 24.3 Å². The molecule has 1 aromatic carbocycles. The lowest BCUT2D eigenvalue weighted by Gasteiger charge is -2.39. The van der Waals surface area contributed by atoms with E-state index in [4.69, 9.17) is 4.74 Å². The third-order valence-corrected chi connectivity index (χ3v) is 6.35. The summed E-state index contributed by atoms with van der Waals surface area (Å²) in [6.07, 6.45) is 2.51. The van der Waals surface area contributed by atoms with Crippen LogP contribution in [0, 0.1) is 6.92 Å². The second kappa shape index (κ2) is 8.37. The van der Waals surface area contributed by atoms with Crippen LogP contribution < -0.4 is 10.6 Å². The van der Waals surface area contributed by atoms with Crippen molar-refractivity contribution in [2.75, 3.05) is 37.8 Å². The van der Waals surface area contributed by atoms with Crippen LogP contribution in [0.2, 0.25) is 0 Å². The van der Waals surface area contributed by atoms with Crippen LogP contribution in [0.3, 0.4) is 0 Å². The van der Waals surface area contributed by atoms with Gasteiger partial charge in [-0.15, -0.1) is 0 Å². The van der Waals surface area contributed by atoms with Gasteiger partial charge in [0.2, 0.25) is 5.91 Å². The predicted molar refractivity (Wildman–Crippen MR) is 99.7 cm³/mol. The average molecular weight is 349 g/mol. The molecule has 132 valence electrons. The van der Waals surface area contributed by atoms with Crippen LogP contribution in [0.4, 0.5) is 0 Å². The van der Waals surface area contributed by atoms with Gasteiger partial charge in [0.15, 0.2) is 0 Å². The Bertz CT molecular complexity index is 552. The molecule has 0 aliphatic carbocycles. The predicted octanol–water partition coefficient (Wildman–Crippen LogP) is 2.25. The molecule has 0 radical (unpaired) electrons. The first kappa shape index (κ1) is 17.8. The van der Waals surface area contributed by atoms with Crippen molar-refractivity contribution in [1.82, 2.24) is 10.6 Å². The summed E-state index contributed by atoms with van der Waals surface area (Å²) in [7, 11) is 0. The molecule has 2 fully saturated rings. The zero-order valence-corrected chi connectivity index (χ0v) is 15.3. The van der Waals surface area contributed by atoms with Crippen LogP contribution in [0.5, 0.6) is 0 Å². The van der Waals surface area contributed by atoms with Crippen LogP contribution >= 0.6 is 11.8 Å². The Morgan fingerprint density at radius 3 is 2.88 bits per heavy atom. The molecule has 1 atom stereocenters. The molecule has 0 bridgehead atoms. The SMILES string of the molecule is Cc1ccccc1C1(CNC(=O)CC2CSCCN2)CCOCC1. The summed E-state index contributed by atoms with van der Waals surface area (Å²) in [5, 5.41) is 6.66. The zero-order valence-electron chi connectivity index (χ0n) is 14.5. The van der Waals surface area contributed by atoms with Crippen LogP contribution in [0.25, 0.3) is 0 Å². The van der Waals surface area contributed by atoms with E-state index in [-0.39, 0.29) is 11.3 Å². The quantitative estimate of drug-likeness (QED) is 0.857. The number of aryl methyl sites for hydroxylation is 1. The Kier molecular flexibility index (Phi) is 6.19. The zero-order chi connectivity index (χ0) is 16.8. The third-order valence-electron chi connectivity index (χ3n) is 5.22. The number of thioether (sulfide) groups is 1. The van der Waals surface area contributed by atoms with Crippen molar-refractivity contribution in [3.63, 3.8) is 0 Å². The summed E-state index contributed by atoms with van der Waals surface area (Å²) < 4.78 is 5.59. The van der Waals surface area contributed by atoms with Crippen LogP contribution in [-0.2, 0) is 14.9 Å². The second-order valence-corrected chi connectivity index (χ2v) is 8.06. The van der Waals surface area contributed by atoms with Crippen molar-refractivity contribution in [3.05, 3.63) is 35.4 Å². The van der Waals surface area contributed by atoms with Gasteiger partial charge in [0.1, 0.15) is 0 Å². The van der Waals surface area contributed by atoms with E-state index in [9.17, 15) is 4.79 Å². The third kappa shape index (κ3) is 4.32. The van der Waals surface area contributed by atoms with Gasteiger partial charge in [-0.05, 0) is 30.9 Å². The molecule has 1 amide bonds. The van der Waals surface area contributed by atoms with E-state index in [0.717, 1.165) is 44.1 Å². The van der Waals surface area contributed by atoms with Crippen LogP contribution in [-0.4, -0.2) is 49.8 Å². The van der Waals surface area contributed by atoms with Gasteiger partial charge in [0, 0.05) is 55.7 Å². The highest BCUT2D eigenvalue weighted by molar-refractivity contribution is 7.99. The first-order valence-corrected chi connectivity index (χ1v) is 10.1. The summed E-state index contributed by atoms with van der Waals surface area (Å²) in [4.78, 5) is 12.4. The molecule has 0 spiro atoms. The largest absolute Gasteiger partial charge is 0.381 e. The summed E-state index contributed by atoms with van der Waals surface area (Å²) in [6, 6.07) is 8.87. The van der Waals surface area contributed by atoms with E-state index in [0.29, 0.717) is 19.0 Å². The highest BCUT2D eigenvalue weighted by atomic mass is 32.2. The molecule has 2 aliphatic heterocycles. The van der Waals surface area contributed by atoms with Crippen molar-refractivity contribution in [3.8, 4) is 0 Å². The minimum atomic E-state index is 0.00793. The van der Waals surface area contributed by atoms with Crippen molar-refractivity contribution in [2.24, 2.45) is 0 Å². The molecule has 4 nitrogen and oxygen atoms in total. The fourth-order valence-corrected chi connectivity index (χ4v) is 4.74. The van der Waals surface area contributed by atoms with Crippen molar-refractivity contribution < 1.29 is 9.53 Å². The Hall–Kier alpha value is -1.04. The van der Waals surface area contributed by atoms with Crippen LogP contribution in [0.15, 0.2) is 24.3 Å². The summed E-state index contributed by atoms with van der Waals surface area (Å²) >= 11 is 1.93. The van der Waals surface area contributed by atoms with Gasteiger partial charge >= 0.3 is 0 Å². The van der Waals surface area contributed by atoms with E-state index in [1.807, 2.05) is 11.8 Å². The Balaban J connectivity index is 1.64. The first-order chi connectivity index (χ1) is 11.7. The molecule has 24 heavy (non-hydrogen) atoms. The maximum absolute atomic E-state index is 12.4. The maximum atomic E-state index is 12.4. The molecule has 1 aromatic rings. The molecule has 0 saturated carbocycles. The smallest absolute Gasteiger partial charge is 0.221 e. The Morgan fingerprint density at radius 1 is 1.38 bits per heavy atom. The van der Waals surface area contributed by atoms with Crippen molar-refractivity contribution >= 4 is 17.7 Å². The maximum Gasteiger partial charge on any atom is 0.221 e. The molecule has 2 heterocycles. The average Bonchev–Trinajstić information content (AvgIpc) is 2.62. The minimum Gasteiger partial charge on any atom is -0.381 e. The number of rotatable bonds is 5. The van der Waals surface area contributed by atoms with E-state index >= 15 is 0 Å². The fraction of sp³-hybridized carbons (Fsp3) is 0.632. The van der Waals surface area contributed by atoms with Gasteiger partial charge in [-0.2, -0.15) is 11.8 Å². The van der Waals surface area contributed by atoms with E-state index in [1.165, 1.54) is 11.1 Å². The summed E-state index contributed by atoms with van der Waals surface area (Å²) in [5.41, 5.74) is 2.67. The number of hydrogen-bond acceptors (Lipinski definition) is 4. The van der Waals surface area contributed by atoms with E-state index in [1.54, 1.807) is 0 Å². The topological polar surface area (TPSA) is 50.4 Å². The van der Waals surface area contributed by atoms with Gasteiger partial charge in [0.25, 0.3) is 0 Å². The van der Waals surface area contributed by atoms with Crippen LogP contribution in [0.1, 0.15) is 30.4 Å². The minimum absolute atomic E-state index is 0.00793. The first-order valence-electron chi connectivity index (χ1n) is 8.91. The van der Waals surface area contributed by atoms with Crippen molar-refractivity contribution in [1.29, 1.82) is 0 Å². The molecule has 5 heteroatoms. The van der Waals surface area contributed by atoms with Crippen molar-refractivity contribution in [2.45, 2.75) is 37.6 Å². The number of benzene rings is 1. The molecule has 0 aromatic heterocycles. The highest BCUT2D eigenvalue weighted by Gasteiger charge is 2.36. The number of carbonyl (C=O) groups is 1. The number of amides is 1. The van der Waals surface area contributed by atoms with Gasteiger partial charge in [-0.25, -0.2) is 0 Å². The fourth-order valence-electron chi connectivity index (χ4n) is 3.79. The Morgan fingerprint density at radius 2 is 2.17 bits per heavy atom. The van der Waals surface area contributed by atoms with Gasteiger partial charge < -0.3 is 15.4 Å². The number of ether oxygens (including phenoxy) is 1. The molecule has 2 N–H and O–H groups in total. The van der Waals surface area contributed by atoms with Gasteiger partial charge in [-0.3, -0.25) is 4.79 Å². The van der Waals surface area contributed by atoms with E-state index < -0.39 is 0 Å². The second-order valence-electron chi connectivity index (χ2n) is 6.91. The molecule has 3 rings (SSSR count). The Labute approximate surface area is 149 Å². The summed E-state index contributed by atoms with van der Waals surface area (Å²) in [6.45, 7) is 5.42. The van der Waals surface area contributed by atoms with Gasteiger partial charge in [0.05, 0.1) is 0 Å². The molecule has 1 unspecified atom stereocenters. The lowest BCUT2D eigenvalue weighted by atomic mass is 9.72. The van der Waals surface area contributed by atoms with E-state index in [2.05, 4.69) is 41.8 Å². The number of carbonyl (C=O) groups excluding carboxylic acids is 1. The molecular weight excluding hydrogens is 320 g/mol. The monoisotopic (exact) mass is 348 g/mol. The standard InChI is InChI=1S/C19H28N2O2S/c1-15-4-2-3-5-17(15)19(6-9-23-10-7-19)14-21-18(22)12-16-13-24-11-8-20-16/h2-5,16,20H,6-14H2,1H3,(H,21,22). The lowest BCUT2D eigenvalue weighted by Crippen LogP contribution is -2.47. The number of nitrogens with one attached hydrogen (secondary N) is 2. The molecule has 2 aliphatic rings. The summed E-state index contributed by atoms with van der Waals surface area (Å²) in [5.74, 6) is 2.34. The molecular formula is C19H28N2O2S.